The van der Waals surface area contributed by atoms with Crippen LogP contribution in [0.1, 0.15) is 27.7 Å². The minimum atomic E-state index is -0.682. The van der Waals surface area contributed by atoms with Crippen LogP contribution in [0, 0.1) is 5.82 Å². The van der Waals surface area contributed by atoms with Crippen molar-refractivity contribution >= 4 is 16.9 Å². The Hall–Kier alpha value is -3.23. The van der Waals surface area contributed by atoms with E-state index in [1.54, 1.807) is 18.1 Å². The first kappa shape index (κ1) is 20.7. The SMILES string of the molecule is COc1ccccc1C1c2c(oc3ccc(F)cc3c2=O)C(=O)N1CCN1CCOCC1. The summed E-state index contributed by atoms with van der Waals surface area (Å²) in [5.74, 6) is -0.320. The van der Waals surface area contributed by atoms with E-state index in [9.17, 15) is 14.0 Å². The Bertz CT molecular complexity index is 1230. The molecule has 0 N–H and O–H groups in total. The number of fused-ring (bicyclic) bond motifs is 2. The van der Waals surface area contributed by atoms with Crippen LogP contribution in [0.2, 0.25) is 0 Å². The number of carbonyl (C=O) groups is 1. The number of rotatable bonds is 5. The third-order valence-corrected chi connectivity index (χ3v) is 6.12. The molecule has 1 fully saturated rings. The highest BCUT2D eigenvalue weighted by atomic mass is 19.1. The molecule has 3 heterocycles. The molecular formula is C24H23FN2O5. The predicted molar refractivity (Wildman–Crippen MR) is 116 cm³/mol. The van der Waals surface area contributed by atoms with E-state index in [-0.39, 0.29) is 28.2 Å². The van der Waals surface area contributed by atoms with Crippen molar-refractivity contribution in [3.63, 3.8) is 0 Å². The molecule has 166 valence electrons. The molecule has 0 bridgehead atoms. The molecule has 3 aromatic rings. The summed E-state index contributed by atoms with van der Waals surface area (Å²) in [5.41, 5.74) is 0.697. The molecule has 1 atom stereocenters. The molecule has 0 radical (unpaired) electrons. The first-order valence-electron chi connectivity index (χ1n) is 10.6. The molecule has 2 aromatic carbocycles. The van der Waals surface area contributed by atoms with Crippen LogP contribution in [0.5, 0.6) is 5.75 Å². The van der Waals surface area contributed by atoms with E-state index >= 15 is 0 Å². The van der Waals surface area contributed by atoms with Crippen molar-refractivity contribution in [2.45, 2.75) is 6.04 Å². The molecule has 0 saturated carbocycles. The van der Waals surface area contributed by atoms with E-state index in [4.69, 9.17) is 13.9 Å². The van der Waals surface area contributed by atoms with Crippen molar-refractivity contribution in [2.75, 3.05) is 46.5 Å². The largest absolute Gasteiger partial charge is 0.496 e. The molecule has 8 heteroatoms. The molecule has 1 amide bonds. The lowest BCUT2D eigenvalue weighted by Gasteiger charge is -2.31. The Balaban J connectivity index is 1.64. The van der Waals surface area contributed by atoms with Gasteiger partial charge in [-0.2, -0.15) is 0 Å². The number of amides is 1. The van der Waals surface area contributed by atoms with Crippen LogP contribution in [-0.4, -0.2) is 62.2 Å². The normalized spacial score (nSPS) is 18.9. The number of ether oxygens (including phenoxy) is 2. The van der Waals surface area contributed by atoms with Gasteiger partial charge in [0.2, 0.25) is 5.76 Å². The molecule has 0 aliphatic carbocycles. The van der Waals surface area contributed by atoms with Gasteiger partial charge in [-0.3, -0.25) is 14.5 Å². The summed E-state index contributed by atoms with van der Waals surface area (Å²) in [4.78, 5) is 30.8. The molecular weight excluding hydrogens is 415 g/mol. The van der Waals surface area contributed by atoms with Crippen molar-refractivity contribution < 1.29 is 23.1 Å². The summed E-state index contributed by atoms with van der Waals surface area (Å²) in [7, 11) is 1.55. The first-order valence-corrected chi connectivity index (χ1v) is 10.6. The fourth-order valence-corrected chi connectivity index (χ4v) is 4.51. The van der Waals surface area contributed by atoms with E-state index in [1.807, 2.05) is 18.2 Å². The quantitative estimate of drug-likeness (QED) is 0.610. The summed E-state index contributed by atoms with van der Waals surface area (Å²) in [6, 6.07) is 10.4. The Labute approximate surface area is 183 Å². The lowest BCUT2D eigenvalue weighted by molar-refractivity contribution is 0.0314. The van der Waals surface area contributed by atoms with Crippen LogP contribution in [0.15, 0.2) is 51.7 Å². The predicted octanol–water partition coefficient (Wildman–Crippen LogP) is 2.82. The Morgan fingerprint density at radius 2 is 1.88 bits per heavy atom. The van der Waals surface area contributed by atoms with Crippen LogP contribution in [0.4, 0.5) is 4.39 Å². The summed E-state index contributed by atoms with van der Waals surface area (Å²) in [6.07, 6.45) is 0. The van der Waals surface area contributed by atoms with Crippen molar-refractivity contribution in [3.8, 4) is 5.75 Å². The molecule has 1 aromatic heterocycles. The third kappa shape index (κ3) is 3.45. The first-order chi connectivity index (χ1) is 15.6. The van der Waals surface area contributed by atoms with Gasteiger partial charge in [0.1, 0.15) is 17.1 Å². The molecule has 7 nitrogen and oxygen atoms in total. The van der Waals surface area contributed by atoms with Gasteiger partial charge in [0.15, 0.2) is 5.43 Å². The van der Waals surface area contributed by atoms with Gasteiger partial charge < -0.3 is 18.8 Å². The van der Waals surface area contributed by atoms with Crippen LogP contribution in [-0.2, 0) is 4.74 Å². The number of methoxy groups -OCH3 is 1. The molecule has 1 unspecified atom stereocenters. The number of nitrogens with zero attached hydrogens (tertiary/aromatic N) is 2. The standard InChI is InChI=1S/C24H23FN2O5/c1-30-18-5-3-2-4-16(18)21-20-22(28)17-14-15(25)6-7-19(17)32-23(20)24(29)27(21)9-8-26-10-12-31-13-11-26/h2-7,14,21H,8-13H2,1H3. The fraction of sp³-hybridized carbons (Fsp3) is 0.333. The average molecular weight is 438 g/mol. The van der Waals surface area contributed by atoms with Gasteiger partial charge in [0, 0.05) is 31.7 Å². The summed E-state index contributed by atoms with van der Waals surface area (Å²) in [6.45, 7) is 3.92. The molecule has 2 aliphatic heterocycles. The fourth-order valence-electron chi connectivity index (χ4n) is 4.51. The van der Waals surface area contributed by atoms with Gasteiger partial charge in [0.25, 0.3) is 5.91 Å². The molecule has 2 aliphatic rings. The summed E-state index contributed by atoms with van der Waals surface area (Å²) >= 11 is 0. The highest BCUT2D eigenvalue weighted by Crippen LogP contribution is 2.41. The Kier molecular flexibility index (Phi) is 5.40. The second-order valence-electron chi connectivity index (χ2n) is 7.91. The molecule has 0 spiro atoms. The van der Waals surface area contributed by atoms with Gasteiger partial charge in [0.05, 0.1) is 37.3 Å². The van der Waals surface area contributed by atoms with Gasteiger partial charge in [-0.25, -0.2) is 4.39 Å². The number of hydrogen-bond donors (Lipinski definition) is 0. The number of carbonyl (C=O) groups excluding carboxylic acids is 1. The van der Waals surface area contributed by atoms with Gasteiger partial charge in [-0.05, 0) is 24.3 Å². The molecule has 5 rings (SSSR count). The minimum Gasteiger partial charge on any atom is -0.496 e. The van der Waals surface area contributed by atoms with Gasteiger partial charge in [-0.15, -0.1) is 0 Å². The van der Waals surface area contributed by atoms with E-state index < -0.39 is 17.3 Å². The number of halogens is 1. The maximum Gasteiger partial charge on any atom is 0.290 e. The smallest absolute Gasteiger partial charge is 0.290 e. The lowest BCUT2D eigenvalue weighted by atomic mass is 9.97. The van der Waals surface area contributed by atoms with Crippen LogP contribution in [0.25, 0.3) is 11.0 Å². The molecule has 1 saturated heterocycles. The van der Waals surface area contributed by atoms with Crippen LogP contribution >= 0.6 is 0 Å². The zero-order chi connectivity index (χ0) is 22.2. The van der Waals surface area contributed by atoms with Crippen molar-refractivity contribution in [1.82, 2.24) is 9.80 Å². The van der Waals surface area contributed by atoms with Crippen LogP contribution in [0.3, 0.4) is 0 Å². The minimum absolute atomic E-state index is 0.00647. The van der Waals surface area contributed by atoms with Gasteiger partial charge in [-0.1, -0.05) is 18.2 Å². The van der Waals surface area contributed by atoms with E-state index in [0.717, 1.165) is 19.2 Å². The van der Waals surface area contributed by atoms with Crippen molar-refractivity contribution in [3.05, 3.63) is 75.4 Å². The Morgan fingerprint density at radius 1 is 1.09 bits per heavy atom. The lowest BCUT2D eigenvalue weighted by Crippen LogP contribution is -2.42. The van der Waals surface area contributed by atoms with E-state index in [1.165, 1.54) is 12.1 Å². The number of hydrogen-bond acceptors (Lipinski definition) is 6. The monoisotopic (exact) mass is 438 g/mol. The molecule has 32 heavy (non-hydrogen) atoms. The zero-order valence-electron chi connectivity index (χ0n) is 17.7. The highest BCUT2D eigenvalue weighted by Gasteiger charge is 2.43. The number of para-hydroxylation sites is 1. The second-order valence-corrected chi connectivity index (χ2v) is 7.91. The van der Waals surface area contributed by atoms with Crippen molar-refractivity contribution in [1.29, 1.82) is 0 Å². The topological polar surface area (TPSA) is 72.2 Å². The van der Waals surface area contributed by atoms with Crippen LogP contribution < -0.4 is 10.2 Å². The Morgan fingerprint density at radius 3 is 2.66 bits per heavy atom. The maximum atomic E-state index is 13.9. The highest BCUT2D eigenvalue weighted by molar-refractivity contribution is 5.99. The van der Waals surface area contributed by atoms with Crippen molar-refractivity contribution in [2.24, 2.45) is 0 Å². The summed E-state index contributed by atoms with van der Waals surface area (Å²) < 4.78 is 30.7. The zero-order valence-corrected chi connectivity index (χ0v) is 17.7. The van der Waals surface area contributed by atoms with E-state index in [2.05, 4.69) is 4.90 Å². The average Bonchev–Trinajstić information content (AvgIpc) is 3.10. The van der Waals surface area contributed by atoms with Gasteiger partial charge >= 0.3 is 0 Å². The maximum absolute atomic E-state index is 13.9. The second kappa shape index (κ2) is 8.37. The summed E-state index contributed by atoms with van der Waals surface area (Å²) in [5, 5.41) is 0.117. The van der Waals surface area contributed by atoms with E-state index in [0.29, 0.717) is 37.6 Å². The number of morpholine rings is 1. The third-order valence-electron chi connectivity index (χ3n) is 6.12. The number of benzene rings is 2.